The predicted molar refractivity (Wildman–Crippen MR) is 57.5 cm³/mol. The molecule has 5 heteroatoms. The molecule has 0 bridgehead atoms. The molecule has 0 spiro atoms. The Labute approximate surface area is 94.8 Å². The van der Waals surface area contributed by atoms with Gasteiger partial charge in [-0.05, 0) is 27.4 Å². The van der Waals surface area contributed by atoms with Crippen molar-refractivity contribution in [3.8, 4) is 0 Å². The van der Waals surface area contributed by atoms with Crippen molar-refractivity contribution < 1.29 is 14.6 Å². The minimum atomic E-state index is -0.593. The lowest BCUT2D eigenvalue weighted by molar-refractivity contribution is -0.132. The van der Waals surface area contributed by atoms with Gasteiger partial charge in [-0.25, -0.2) is 0 Å². The van der Waals surface area contributed by atoms with E-state index in [4.69, 9.17) is 9.47 Å². The predicted octanol–water partition coefficient (Wildman–Crippen LogP) is 1.96. The lowest BCUT2D eigenvalue weighted by atomic mass is 10.2. The van der Waals surface area contributed by atoms with Crippen molar-refractivity contribution in [2.45, 2.75) is 12.2 Å². The third kappa shape index (κ3) is 2.17. The number of thiophene rings is 1. The zero-order chi connectivity index (χ0) is 9.97. The summed E-state index contributed by atoms with van der Waals surface area (Å²) in [5.74, 6) is 0. The minimum Gasteiger partial charge on any atom is -0.385 e. The van der Waals surface area contributed by atoms with Crippen LogP contribution in [0.5, 0.6) is 0 Å². The first-order valence-electron chi connectivity index (χ1n) is 4.39. The molecule has 1 aromatic heterocycles. The van der Waals surface area contributed by atoms with Gasteiger partial charge in [0.2, 0.25) is 0 Å². The molecule has 0 amide bonds. The van der Waals surface area contributed by atoms with Crippen LogP contribution in [0.3, 0.4) is 0 Å². The molecular formula is C9H11BrO3S. The Morgan fingerprint density at radius 2 is 2.43 bits per heavy atom. The van der Waals surface area contributed by atoms with Crippen LogP contribution in [0.15, 0.2) is 15.9 Å². The summed E-state index contributed by atoms with van der Waals surface area (Å²) in [6.45, 7) is 1.64. The van der Waals surface area contributed by atoms with Gasteiger partial charge < -0.3 is 14.6 Å². The lowest BCUT2D eigenvalue weighted by Crippen LogP contribution is -2.33. The summed E-state index contributed by atoms with van der Waals surface area (Å²) in [4.78, 5) is 0.903. The maximum absolute atomic E-state index is 9.99. The van der Waals surface area contributed by atoms with Gasteiger partial charge in [-0.3, -0.25) is 0 Å². The number of rotatable bonds is 2. The van der Waals surface area contributed by atoms with Crippen LogP contribution < -0.4 is 0 Å². The van der Waals surface area contributed by atoms with E-state index in [-0.39, 0.29) is 6.10 Å². The van der Waals surface area contributed by atoms with Gasteiger partial charge in [-0.1, -0.05) is 0 Å². The molecule has 0 saturated carbocycles. The quantitative estimate of drug-likeness (QED) is 0.899. The number of hydrogen-bond acceptors (Lipinski definition) is 4. The van der Waals surface area contributed by atoms with Crippen molar-refractivity contribution in [3.63, 3.8) is 0 Å². The largest absolute Gasteiger partial charge is 0.385 e. The second-order valence-electron chi connectivity index (χ2n) is 3.06. The van der Waals surface area contributed by atoms with Gasteiger partial charge in [-0.15, -0.1) is 11.3 Å². The highest BCUT2D eigenvalue weighted by Gasteiger charge is 2.26. The van der Waals surface area contributed by atoms with Crippen molar-refractivity contribution in [3.05, 3.63) is 20.8 Å². The van der Waals surface area contributed by atoms with E-state index in [1.165, 1.54) is 11.3 Å². The average Bonchev–Trinajstić information content (AvgIpc) is 2.65. The van der Waals surface area contributed by atoms with Gasteiger partial charge in [-0.2, -0.15) is 0 Å². The summed E-state index contributed by atoms with van der Waals surface area (Å²) in [5.41, 5.74) is 0. The number of hydrogen-bond donors (Lipinski definition) is 1. The van der Waals surface area contributed by atoms with Crippen LogP contribution in [0.25, 0.3) is 0 Å². The zero-order valence-corrected chi connectivity index (χ0v) is 9.88. The summed E-state index contributed by atoms with van der Waals surface area (Å²) >= 11 is 4.91. The second-order valence-corrected chi connectivity index (χ2v) is 4.86. The Morgan fingerprint density at radius 1 is 1.57 bits per heavy atom. The van der Waals surface area contributed by atoms with Crippen LogP contribution >= 0.6 is 27.3 Å². The molecule has 1 N–H and O–H groups in total. The molecule has 1 aliphatic heterocycles. The summed E-state index contributed by atoms with van der Waals surface area (Å²) in [5, 5.41) is 11.9. The fourth-order valence-corrected chi connectivity index (χ4v) is 3.02. The van der Waals surface area contributed by atoms with E-state index in [0.717, 1.165) is 9.35 Å². The molecule has 2 unspecified atom stereocenters. The van der Waals surface area contributed by atoms with Gasteiger partial charge in [0.25, 0.3) is 0 Å². The number of aliphatic hydroxyl groups excluding tert-OH is 1. The van der Waals surface area contributed by atoms with E-state index < -0.39 is 6.10 Å². The summed E-state index contributed by atoms with van der Waals surface area (Å²) < 4.78 is 11.6. The van der Waals surface area contributed by atoms with Crippen LogP contribution in [0.4, 0.5) is 0 Å². The highest BCUT2D eigenvalue weighted by Crippen LogP contribution is 2.32. The van der Waals surface area contributed by atoms with Crippen LogP contribution in [0.1, 0.15) is 11.0 Å². The SMILES string of the molecule is OC(c1sccc1Br)C1COCCO1. The topological polar surface area (TPSA) is 38.7 Å². The summed E-state index contributed by atoms with van der Waals surface area (Å²) in [6.07, 6.45) is -0.830. The molecule has 1 aliphatic rings. The van der Waals surface area contributed by atoms with Crippen LogP contribution in [-0.2, 0) is 9.47 Å². The normalized spacial score (nSPS) is 24.9. The van der Waals surface area contributed by atoms with Crippen molar-refractivity contribution in [1.29, 1.82) is 0 Å². The van der Waals surface area contributed by atoms with Crippen LogP contribution in [0, 0.1) is 0 Å². The van der Waals surface area contributed by atoms with E-state index in [9.17, 15) is 5.11 Å². The smallest absolute Gasteiger partial charge is 0.118 e. The Bertz CT molecular complexity index is 296. The maximum atomic E-state index is 9.99. The van der Waals surface area contributed by atoms with Gasteiger partial charge in [0.1, 0.15) is 12.2 Å². The molecule has 1 saturated heterocycles. The molecule has 0 aliphatic carbocycles. The number of ether oxygens (including phenoxy) is 2. The van der Waals surface area contributed by atoms with Gasteiger partial charge >= 0.3 is 0 Å². The van der Waals surface area contributed by atoms with Crippen LogP contribution in [0.2, 0.25) is 0 Å². The number of aliphatic hydroxyl groups is 1. The van der Waals surface area contributed by atoms with Crippen molar-refractivity contribution in [2.24, 2.45) is 0 Å². The van der Waals surface area contributed by atoms with E-state index in [1.54, 1.807) is 0 Å². The van der Waals surface area contributed by atoms with E-state index in [1.807, 2.05) is 11.4 Å². The highest BCUT2D eigenvalue weighted by molar-refractivity contribution is 9.10. The average molecular weight is 279 g/mol. The summed E-state index contributed by atoms with van der Waals surface area (Å²) in [7, 11) is 0. The fraction of sp³-hybridized carbons (Fsp3) is 0.556. The van der Waals surface area contributed by atoms with E-state index >= 15 is 0 Å². The molecule has 3 nitrogen and oxygen atoms in total. The first-order valence-corrected chi connectivity index (χ1v) is 6.06. The summed E-state index contributed by atoms with van der Waals surface area (Å²) in [6, 6.07) is 1.92. The van der Waals surface area contributed by atoms with E-state index in [0.29, 0.717) is 19.8 Å². The Hall–Kier alpha value is 0.0600. The van der Waals surface area contributed by atoms with Gasteiger partial charge in [0.05, 0.1) is 19.8 Å². The molecule has 0 aromatic carbocycles. The Kier molecular flexibility index (Phi) is 3.57. The van der Waals surface area contributed by atoms with Gasteiger partial charge in [0, 0.05) is 9.35 Å². The minimum absolute atomic E-state index is 0.237. The third-order valence-corrected chi connectivity index (χ3v) is 4.05. The van der Waals surface area contributed by atoms with Gasteiger partial charge in [0.15, 0.2) is 0 Å². The standard InChI is InChI=1S/C9H11BrO3S/c10-6-1-4-14-9(6)8(11)7-5-12-2-3-13-7/h1,4,7-8,11H,2-3,5H2. The molecule has 0 radical (unpaired) electrons. The van der Waals surface area contributed by atoms with Crippen molar-refractivity contribution in [2.75, 3.05) is 19.8 Å². The van der Waals surface area contributed by atoms with Crippen LogP contribution in [-0.4, -0.2) is 31.0 Å². The molecule has 2 heterocycles. The van der Waals surface area contributed by atoms with E-state index in [2.05, 4.69) is 15.9 Å². The monoisotopic (exact) mass is 278 g/mol. The lowest BCUT2D eigenvalue weighted by Gasteiger charge is -2.26. The zero-order valence-electron chi connectivity index (χ0n) is 7.48. The first-order chi connectivity index (χ1) is 6.79. The molecular weight excluding hydrogens is 268 g/mol. The highest BCUT2D eigenvalue weighted by atomic mass is 79.9. The first kappa shape index (κ1) is 10.6. The molecule has 1 aromatic rings. The molecule has 2 rings (SSSR count). The third-order valence-electron chi connectivity index (χ3n) is 2.11. The second kappa shape index (κ2) is 4.72. The Morgan fingerprint density at radius 3 is 3.00 bits per heavy atom. The Balaban J connectivity index is 2.07. The molecule has 1 fully saturated rings. The fourth-order valence-electron chi connectivity index (χ4n) is 1.37. The van der Waals surface area contributed by atoms with Crippen molar-refractivity contribution >= 4 is 27.3 Å². The molecule has 78 valence electrons. The molecule has 14 heavy (non-hydrogen) atoms. The molecule has 2 atom stereocenters. The maximum Gasteiger partial charge on any atom is 0.118 e. The van der Waals surface area contributed by atoms with Crippen molar-refractivity contribution in [1.82, 2.24) is 0 Å². The number of halogens is 1.